The van der Waals surface area contributed by atoms with Crippen LogP contribution in [0.1, 0.15) is 31.4 Å². The Kier molecular flexibility index (Phi) is 5.03. The maximum absolute atomic E-state index is 6.10. The second kappa shape index (κ2) is 6.06. The molecule has 0 saturated heterocycles. The number of nitrogens with two attached hydrogens (primary N) is 1. The molecule has 16 heavy (non-hydrogen) atoms. The van der Waals surface area contributed by atoms with E-state index in [0.717, 1.165) is 28.6 Å². The quantitative estimate of drug-likeness (QED) is 0.834. The van der Waals surface area contributed by atoms with Crippen molar-refractivity contribution in [1.82, 2.24) is 0 Å². The first-order valence-corrected chi connectivity index (χ1v) is 6.07. The summed E-state index contributed by atoms with van der Waals surface area (Å²) in [5, 5.41) is 0. The number of halogens is 1. The molecule has 3 heteroatoms. The minimum absolute atomic E-state index is 0.0545. The van der Waals surface area contributed by atoms with Crippen molar-refractivity contribution in [3.05, 3.63) is 40.4 Å². The minimum atomic E-state index is 0.0545. The van der Waals surface area contributed by atoms with Crippen LogP contribution < -0.4 is 10.5 Å². The Morgan fingerprint density at radius 1 is 1.56 bits per heavy atom. The van der Waals surface area contributed by atoms with Crippen LogP contribution in [0.15, 0.2) is 34.8 Å². The van der Waals surface area contributed by atoms with E-state index in [1.165, 1.54) is 5.57 Å². The molecule has 0 aliphatic carbocycles. The van der Waals surface area contributed by atoms with Crippen molar-refractivity contribution in [2.24, 2.45) is 5.73 Å². The van der Waals surface area contributed by atoms with Crippen molar-refractivity contribution in [3.63, 3.8) is 0 Å². The highest BCUT2D eigenvalue weighted by Gasteiger charge is 2.08. The largest absolute Gasteiger partial charge is 0.496 e. The van der Waals surface area contributed by atoms with Crippen LogP contribution in [-0.4, -0.2) is 7.11 Å². The Morgan fingerprint density at radius 3 is 2.75 bits per heavy atom. The Bertz CT molecular complexity index is 376. The van der Waals surface area contributed by atoms with Crippen molar-refractivity contribution in [3.8, 4) is 5.75 Å². The summed E-state index contributed by atoms with van der Waals surface area (Å²) in [6, 6.07) is 6.01. The second-order valence-corrected chi connectivity index (χ2v) is 4.85. The first kappa shape index (κ1) is 13.3. The molecule has 1 aromatic rings. The lowest BCUT2D eigenvalue weighted by Crippen LogP contribution is -2.10. The number of hydrogen-bond acceptors (Lipinski definition) is 2. The normalized spacial score (nSPS) is 12.2. The summed E-state index contributed by atoms with van der Waals surface area (Å²) in [5.74, 6) is 0.829. The maximum atomic E-state index is 6.10. The maximum Gasteiger partial charge on any atom is 0.133 e. The zero-order valence-electron chi connectivity index (χ0n) is 9.79. The molecular weight excluding hydrogens is 266 g/mol. The van der Waals surface area contributed by atoms with Gasteiger partial charge in [-0.3, -0.25) is 0 Å². The van der Waals surface area contributed by atoms with Crippen LogP contribution in [0.2, 0.25) is 0 Å². The van der Waals surface area contributed by atoms with Gasteiger partial charge in [0.15, 0.2) is 0 Å². The summed E-state index contributed by atoms with van der Waals surface area (Å²) >= 11 is 3.46. The smallest absolute Gasteiger partial charge is 0.133 e. The monoisotopic (exact) mass is 283 g/mol. The minimum Gasteiger partial charge on any atom is -0.496 e. The molecule has 0 heterocycles. The molecule has 1 aromatic carbocycles. The topological polar surface area (TPSA) is 35.2 Å². The second-order valence-electron chi connectivity index (χ2n) is 4.00. The van der Waals surface area contributed by atoms with E-state index in [1.807, 2.05) is 25.1 Å². The van der Waals surface area contributed by atoms with Gasteiger partial charge in [-0.15, -0.1) is 6.58 Å². The standard InChI is InChI=1S/C13H18BrNO/c1-9(2)4-6-12(15)10-5-7-13(16-3)11(14)8-10/h5,7-8,12H,1,4,6,15H2,2-3H3. The van der Waals surface area contributed by atoms with E-state index in [9.17, 15) is 0 Å². The van der Waals surface area contributed by atoms with E-state index in [0.29, 0.717) is 0 Å². The molecule has 1 unspecified atom stereocenters. The highest BCUT2D eigenvalue weighted by molar-refractivity contribution is 9.10. The van der Waals surface area contributed by atoms with Gasteiger partial charge in [-0.05, 0) is 53.4 Å². The van der Waals surface area contributed by atoms with Gasteiger partial charge in [-0.1, -0.05) is 11.6 Å². The highest BCUT2D eigenvalue weighted by atomic mass is 79.9. The lowest BCUT2D eigenvalue weighted by molar-refractivity contribution is 0.412. The first-order chi connectivity index (χ1) is 7.54. The summed E-state index contributed by atoms with van der Waals surface area (Å²) in [4.78, 5) is 0. The van der Waals surface area contributed by atoms with Crippen LogP contribution in [0.3, 0.4) is 0 Å². The Morgan fingerprint density at radius 2 is 2.25 bits per heavy atom. The third-order valence-corrected chi connectivity index (χ3v) is 3.11. The van der Waals surface area contributed by atoms with Gasteiger partial charge in [-0.2, -0.15) is 0 Å². The highest BCUT2D eigenvalue weighted by Crippen LogP contribution is 2.28. The Balaban J connectivity index is 2.72. The SMILES string of the molecule is C=C(C)CCC(N)c1ccc(OC)c(Br)c1. The Hall–Kier alpha value is -0.800. The third kappa shape index (κ3) is 3.65. The molecule has 0 bridgehead atoms. The van der Waals surface area contributed by atoms with Gasteiger partial charge in [0.25, 0.3) is 0 Å². The third-order valence-electron chi connectivity index (χ3n) is 2.49. The summed E-state index contributed by atoms with van der Waals surface area (Å²) in [6.07, 6.45) is 1.89. The van der Waals surface area contributed by atoms with Crippen LogP contribution >= 0.6 is 15.9 Å². The molecule has 1 atom stereocenters. The number of allylic oxidation sites excluding steroid dienone is 1. The zero-order valence-corrected chi connectivity index (χ0v) is 11.4. The van der Waals surface area contributed by atoms with Gasteiger partial charge in [0, 0.05) is 6.04 Å². The molecule has 2 N–H and O–H groups in total. The number of hydrogen-bond donors (Lipinski definition) is 1. The van der Waals surface area contributed by atoms with E-state index in [4.69, 9.17) is 10.5 Å². The van der Waals surface area contributed by atoms with Gasteiger partial charge in [0.2, 0.25) is 0 Å². The lowest BCUT2D eigenvalue weighted by atomic mass is 10.0. The summed E-state index contributed by atoms with van der Waals surface area (Å²) in [7, 11) is 1.65. The van der Waals surface area contributed by atoms with Crippen LogP contribution in [0.4, 0.5) is 0 Å². The number of rotatable bonds is 5. The van der Waals surface area contributed by atoms with Gasteiger partial charge in [-0.25, -0.2) is 0 Å². The van der Waals surface area contributed by atoms with Crippen LogP contribution in [0.5, 0.6) is 5.75 Å². The van der Waals surface area contributed by atoms with Gasteiger partial charge in [0.05, 0.1) is 11.6 Å². The van der Waals surface area contributed by atoms with E-state index >= 15 is 0 Å². The van der Waals surface area contributed by atoms with E-state index in [1.54, 1.807) is 7.11 Å². The summed E-state index contributed by atoms with van der Waals surface area (Å²) < 4.78 is 6.12. The average Bonchev–Trinajstić information content (AvgIpc) is 2.25. The Labute approximate surface area is 106 Å². The van der Waals surface area contributed by atoms with Crippen LogP contribution in [0.25, 0.3) is 0 Å². The molecule has 1 rings (SSSR count). The average molecular weight is 284 g/mol. The van der Waals surface area contributed by atoms with Crippen molar-refractivity contribution < 1.29 is 4.74 Å². The molecule has 88 valence electrons. The summed E-state index contributed by atoms with van der Waals surface area (Å²) in [5.41, 5.74) is 8.39. The number of ether oxygens (including phenoxy) is 1. The molecule has 0 spiro atoms. The number of methoxy groups -OCH3 is 1. The van der Waals surface area contributed by atoms with Crippen molar-refractivity contribution >= 4 is 15.9 Å². The van der Waals surface area contributed by atoms with E-state index in [-0.39, 0.29) is 6.04 Å². The predicted octanol–water partition coefficient (Wildman–Crippen LogP) is 3.81. The molecule has 0 amide bonds. The van der Waals surface area contributed by atoms with Crippen molar-refractivity contribution in [2.75, 3.05) is 7.11 Å². The van der Waals surface area contributed by atoms with Gasteiger partial charge < -0.3 is 10.5 Å². The number of benzene rings is 1. The van der Waals surface area contributed by atoms with Gasteiger partial charge in [0.1, 0.15) is 5.75 Å². The predicted molar refractivity (Wildman–Crippen MR) is 71.7 cm³/mol. The molecule has 0 aromatic heterocycles. The fourth-order valence-electron chi connectivity index (χ4n) is 1.48. The van der Waals surface area contributed by atoms with Crippen molar-refractivity contribution in [1.29, 1.82) is 0 Å². The van der Waals surface area contributed by atoms with E-state index in [2.05, 4.69) is 22.5 Å². The molecule has 0 aliphatic heterocycles. The zero-order chi connectivity index (χ0) is 12.1. The molecular formula is C13H18BrNO. The summed E-state index contributed by atoms with van der Waals surface area (Å²) in [6.45, 7) is 5.91. The van der Waals surface area contributed by atoms with Crippen LogP contribution in [-0.2, 0) is 0 Å². The molecule has 2 nitrogen and oxygen atoms in total. The fraction of sp³-hybridized carbons (Fsp3) is 0.385. The fourth-order valence-corrected chi connectivity index (χ4v) is 2.04. The molecule has 0 radical (unpaired) electrons. The lowest BCUT2D eigenvalue weighted by Gasteiger charge is -2.13. The van der Waals surface area contributed by atoms with E-state index < -0.39 is 0 Å². The molecule has 0 saturated carbocycles. The first-order valence-electron chi connectivity index (χ1n) is 5.28. The molecule has 0 fully saturated rings. The van der Waals surface area contributed by atoms with Crippen molar-refractivity contribution in [2.45, 2.75) is 25.8 Å². The van der Waals surface area contributed by atoms with Gasteiger partial charge >= 0.3 is 0 Å². The van der Waals surface area contributed by atoms with Crippen LogP contribution in [0, 0.1) is 0 Å². The molecule has 0 aliphatic rings.